The summed E-state index contributed by atoms with van der Waals surface area (Å²) < 4.78 is 0. The topological polar surface area (TPSA) is 137 Å². The summed E-state index contributed by atoms with van der Waals surface area (Å²) in [4.78, 5) is 36.4. The number of hydrogen-bond donors (Lipinski definition) is 3. The molecule has 0 aromatic carbocycles. The number of likely N-dealkylation sites (tertiary alicyclic amines) is 1. The van der Waals surface area contributed by atoms with Crippen molar-refractivity contribution in [2.24, 2.45) is 11.7 Å². The summed E-state index contributed by atoms with van der Waals surface area (Å²) in [6, 6.07) is 0.108. The van der Waals surface area contributed by atoms with Crippen LogP contribution in [0.1, 0.15) is 26.7 Å². The van der Waals surface area contributed by atoms with Gasteiger partial charge in [0.2, 0.25) is 17.7 Å². The van der Waals surface area contributed by atoms with Crippen LogP contribution in [0.15, 0.2) is 0 Å². The fourth-order valence-corrected chi connectivity index (χ4v) is 2.42. The van der Waals surface area contributed by atoms with Crippen LogP contribution in [0.5, 0.6) is 0 Å². The molecule has 0 aliphatic carbocycles. The average molecular weight is 296 g/mol. The molecule has 116 valence electrons. The van der Waals surface area contributed by atoms with Crippen molar-refractivity contribution >= 4 is 17.7 Å². The van der Waals surface area contributed by atoms with E-state index in [-0.39, 0.29) is 25.3 Å². The molecular formula is C13H20N4O4. The molecule has 3 amide bonds. The van der Waals surface area contributed by atoms with E-state index in [9.17, 15) is 19.5 Å². The van der Waals surface area contributed by atoms with Crippen molar-refractivity contribution in [1.82, 2.24) is 10.2 Å². The van der Waals surface area contributed by atoms with E-state index in [0.717, 1.165) is 0 Å². The second-order valence-corrected chi connectivity index (χ2v) is 5.30. The number of rotatable bonds is 5. The van der Waals surface area contributed by atoms with Crippen molar-refractivity contribution in [1.29, 1.82) is 5.26 Å². The maximum Gasteiger partial charge on any atom is 0.243 e. The first-order valence-electron chi connectivity index (χ1n) is 6.69. The first-order valence-corrected chi connectivity index (χ1v) is 6.69. The van der Waals surface area contributed by atoms with Gasteiger partial charge in [0.05, 0.1) is 12.2 Å². The van der Waals surface area contributed by atoms with Crippen LogP contribution in [0.2, 0.25) is 0 Å². The lowest BCUT2D eigenvalue weighted by atomic mass is 9.98. The van der Waals surface area contributed by atoms with E-state index in [1.165, 1.54) is 11.8 Å². The van der Waals surface area contributed by atoms with Gasteiger partial charge in [-0.25, -0.2) is 0 Å². The van der Waals surface area contributed by atoms with Gasteiger partial charge in [-0.2, -0.15) is 5.26 Å². The number of nitrogens with zero attached hydrogens (tertiary/aromatic N) is 2. The molecule has 0 unspecified atom stereocenters. The Morgan fingerprint density at radius 1 is 1.52 bits per heavy atom. The Kier molecular flexibility index (Phi) is 5.67. The second-order valence-electron chi connectivity index (χ2n) is 5.30. The molecule has 4 atom stereocenters. The van der Waals surface area contributed by atoms with Gasteiger partial charge in [-0.05, 0) is 5.92 Å². The number of nitrogens with one attached hydrogen (secondary N) is 1. The van der Waals surface area contributed by atoms with Crippen LogP contribution in [0.25, 0.3) is 0 Å². The third kappa shape index (κ3) is 4.16. The van der Waals surface area contributed by atoms with E-state index in [0.29, 0.717) is 0 Å². The van der Waals surface area contributed by atoms with Crippen LogP contribution < -0.4 is 11.1 Å². The predicted molar refractivity (Wildman–Crippen MR) is 72.3 cm³/mol. The highest BCUT2D eigenvalue weighted by atomic mass is 16.3. The number of nitriles is 1. The Morgan fingerprint density at radius 3 is 2.62 bits per heavy atom. The summed E-state index contributed by atoms with van der Waals surface area (Å²) >= 11 is 0. The Labute approximate surface area is 122 Å². The van der Waals surface area contributed by atoms with Gasteiger partial charge in [-0.3, -0.25) is 14.4 Å². The van der Waals surface area contributed by atoms with Gasteiger partial charge in [0.1, 0.15) is 12.1 Å². The molecule has 0 radical (unpaired) electrons. The Morgan fingerprint density at radius 2 is 2.14 bits per heavy atom. The van der Waals surface area contributed by atoms with Gasteiger partial charge in [0.15, 0.2) is 0 Å². The van der Waals surface area contributed by atoms with Gasteiger partial charge >= 0.3 is 0 Å². The minimum Gasteiger partial charge on any atom is -0.391 e. The normalized spacial score (nSPS) is 24.0. The summed E-state index contributed by atoms with van der Waals surface area (Å²) in [5.41, 5.74) is 5.24. The molecule has 1 saturated heterocycles. The highest BCUT2D eigenvalue weighted by Crippen LogP contribution is 2.19. The summed E-state index contributed by atoms with van der Waals surface area (Å²) in [5.74, 6) is -2.05. The molecule has 4 N–H and O–H groups in total. The van der Waals surface area contributed by atoms with Crippen molar-refractivity contribution in [3.05, 3.63) is 0 Å². The lowest BCUT2D eigenvalue weighted by molar-refractivity contribution is -0.138. The number of nitrogens with two attached hydrogens (primary N) is 1. The van der Waals surface area contributed by atoms with Crippen molar-refractivity contribution in [2.75, 3.05) is 6.54 Å². The molecule has 1 aliphatic rings. The third-order valence-corrected chi connectivity index (χ3v) is 3.57. The van der Waals surface area contributed by atoms with Crippen LogP contribution in [-0.2, 0) is 14.4 Å². The van der Waals surface area contributed by atoms with E-state index in [2.05, 4.69) is 5.32 Å². The number of β-amino-alcohol motifs (C(OH)–C–C–N with tert-alkyl or cyclic N) is 1. The van der Waals surface area contributed by atoms with Gasteiger partial charge in [0, 0.05) is 26.3 Å². The molecule has 0 aromatic rings. The zero-order valence-corrected chi connectivity index (χ0v) is 12.1. The number of aliphatic hydroxyl groups is 1. The lowest BCUT2D eigenvalue weighted by Crippen LogP contribution is -2.54. The SMILES string of the molecule is CC(=O)N1C[C@H](O)C[C@H]1C(=O)N[C@@H](C(N)=O)[C@H](C)CC#N. The van der Waals surface area contributed by atoms with E-state index >= 15 is 0 Å². The number of amides is 3. The molecule has 21 heavy (non-hydrogen) atoms. The maximum absolute atomic E-state index is 12.2. The standard InChI is InChI=1S/C13H20N4O4/c1-7(3-4-14)11(12(15)20)16-13(21)10-5-9(19)6-17(10)8(2)18/h7,9-11,19H,3,5-6H2,1-2H3,(H2,15,20)(H,16,21)/t7-,9-,10+,11-/m1/s1. The highest BCUT2D eigenvalue weighted by Gasteiger charge is 2.39. The van der Waals surface area contributed by atoms with E-state index in [1.807, 2.05) is 6.07 Å². The molecule has 1 fully saturated rings. The van der Waals surface area contributed by atoms with Gasteiger partial charge in [0.25, 0.3) is 0 Å². The number of primary amides is 1. The summed E-state index contributed by atoms with van der Waals surface area (Å²) in [6.07, 6.45) is -0.589. The molecule has 8 heteroatoms. The molecule has 1 aliphatic heterocycles. The van der Waals surface area contributed by atoms with Gasteiger partial charge in [-0.15, -0.1) is 0 Å². The molecule has 1 heterocycles. The molecule has 0 aromatic heterocycles. The summed E-state index contributed by atoms with van der Waals surface area (Å²) in [7, 11) is 0. The lowest BCUT2D eigenvalue weighted by Gasteiger charge is -2.26. The number of aliphatic hydroxyl groups excluding tert-OH is 1. The minimum absolute atomic E-state index is 0.0671. The highest BCUT2D eigenvalue weighted by molar-refractivity contribution is 5.91. The Bertz CT molecular complexity index is 473. The molecule has 1 rings (SSSR count). The van der Waals surface area contributed by atoms with Crippen molar-refractivity contribution in [2.45, 2.75) is 44.9 Å². The van der Waals surface area contributed by atoms with Crippen molar-refractivity contribution < 1.29 is 19.5 Å². The number of hydrogen-bond acceptors (Lipinski definition) is 5. The van der Waals surface area contributed by atoms with Gasteiger partial charge in [-0.1, -0.05) is 6.92 Å². The largest absolute Gasteiger partial charge is 0.391 e. The maximum atomic E-state index is 12.2. The van der Waals surface area contributed by atoms with Crippen LogP contribution in [0.4, 0.5) is 0 Å². The predicted octanol–water partition coefficient (Wildman–Crippen LogP) is -1.51. The van der Waals surface area contributed by atoms with Crippen LogP contribution in [-0.4, -0.2) is 52.5 Å². The van der Waals surface area contributed by atoms with E-state index < -0.39 is 35.9 Å². The van der Waals surface area contributed by atoms with Crippen molar-refractivity contribution in [3.63, 3.8) is 0 Å². The first-order chi connectivity index (χ1) is 9.77. The van der Waals surface area contributed by atoms with Crippen LogP contribution >= 0.6 is 0 Å². The monoisotopic (exact) mass is 296 g/mol. The summed E-state index contributed by atoms with van der Waals surface area (Å²) in [5, 5.41) is 20.7. The molecule has 0 saturated carbocycles. The number of carbonyl (C=O) groups is 3. The van der Waals surface area contributed by atoms with Gasteiger partial charge < -0.3 is 21.1 Å². The third-order valence-electron chi connectivity index (χ3n) is 3.57. The minimum atomic E-state index is -0.983. The molecule has 0 spiro atoms. The first kappa shape index (κ1) is 16.9. The fourth-order valence-electron chi connectivity index (χ4n) is 2.42. The molecule has 8 nitrogen and oxygen atoms in total. The zero-order chi connectivity index (χ0) is 16.2. The average Bonchev–Trinajstić information content (AvgIpc) is 2.78. The summed E-state index contributed by atoms with van der Waals surface area (Å²) in [6.45, 7) is 3.02. The van der Waals surface area contributed by atoms with E-state index in [4.69, 9.17) is 11.0 Å². The Hall–Kier alpha value is -2.14. The second kappa shape index (κ2) is 7.04. The molecular weight excluding hydrogens is 276 g/mol. The van der Waals surface area contributed by atoms with Crippen molar-refractivity contribution in [3.8, 4) is 6.07 Å². The van der Waals surface area contributed by atoms with Crippen LogP contribution in [0, 0.1) is 17.2 Å². The zero-order valence-electron chi connectivity index (χ0n) is 12.1. The quantitative estimate of drug-likeness (QED) is 0.566. The Balaban J connectivity index is 2.80. The smallest absolute Gasteiger partial charge is 0.243 e. The van der Waals surface area contributed by atoms with E-state index in [1.54, 1.807) is 6.92 Å². The number of carbonyl (C=O) groups excluding carboxylic acids is 3. The van der Waals surface area contributed by atoms with Crippen LogP contribution in [0.3, 0.4) is 0 Å². The fraction of sp³-hybridized carbons (Fsp3) is 0.692. The molecule has 0 bridgehead atoms.